The summed E-state index contributed by atoms with van der Waals surface area (Å²) in [5.41, 5.74) is 7.78. The molecule has 1 aliphatic rings. The molecule has 0 aliphatic heterocycles. The van der Waals surface area contributed by atoms with Gasteiger partial charge in [0.15, 0.2) is 0 Å². The lowest BCUT2D eigenvalue weighted by atomic mass is 9.86. The van der Waals surface area contributed by atoms with Gasteiger partial charge in [-0.1, -0.05) is 13.3 Å². The maximum absolute atomic E-state index is 12.3. The molecule has 0 bridgehead atoms. The van der Waals surface area contributed by atoms with E-state index >= 15 is 0 Å². The number of ether oxygens (including phenoxy) is 1. The molecule has 6 nitrogen and oxygen atoms in total. The molecule has 0 atom stereocenters. The molecule has 0 unspecified atom stereocenters. The van der Waals surface area contributed by atoms with Crippen LogP contribution in [0.1, 0.15) is 66.2 Å². The lowest BCUT2D eigenvalue weighted by molar-refractivity contribution is 0.309. The maximum atomic E-state index is 12.3. The highest BCUT2D eigenvalue weighted by atomic mass is 32.2. The van der Waals surface area contributed by atoms with Crippen molar-refractivity contribution in [3.8, 4) is 5.75 Å². The second-order valence-corrected chi connectivity index (χ2v) is 11.3. The van der Waals surface area contributed by atoms with Gasteiger partial charge < -0.3 is 15.8 Å². The van der Waals surface area contributed by atoms with Crippen LogP contribution >= 0.6 is 0 Å². The van der Waals surface area contributed by atoms with E-state index in [2.05, 4.69) is 17.0 Å². The molecule has 0 heterocycles. The van der Waals surface area contributed by atoms with Crippen molar-refractivity contribution in [3.05, 3.63) is 18.2 Å². The summed E-state index contributed by atoms with van der Waals surface area (Å²) in [4.78, 5) is 0. The lowest BCUT2D eigenvalue weighted by Crippen LogP contribution is -2.46. The third kappa shape index (κ3) is 6.55. The van der Waals surface area contributed by atoms with Crippen LogP contribution in [0.5, 0.6) is 5.75 Å². The number of hydrogen-bond acceptors (Lipinski definition) is 5. The SMILES string of the molecule is CCCCOc1ccc(NC[C@H]2CC[C@H](NS(=O)(=O)C(C)(C)C)CC2)c(N)c1. The first-order chi connectivity index (χ1) is 13.1. The van der Waals surface area contributed by atoms with Crippen molar-refractivity contribution in [2.24, 2.45) is 5.92 Å². The fourth-order valence-corrected chi connectivity index (χ4v) is 4.29. The first-order valence-electron chi connectivity index (χ1n) is 10.4. The number of nitrogens with two attached hydrogens (primary N) is 1. The monoisotopic (exact) mass is 411 g/mol. The van der Waals surface area contributed by atoms with Gasteiger partial charge in [0.25, 0.3) is 0 Å². The molecule has 1 fully saturated rings. The van der Waals surface area contributed by atoms with Crippen molar-refractivity contribution < 1.29 is 13.2 Å². The van der Waals surface area contributed by atoms with Gasteiger partial charge in [0.05, 0.1) is 22.7 Å². The van der Waals surface area contributed by atoms with Crippen LogP contribution in [0.2, 0.25) is 0 Å². The topological polar surface area (TPSA) is 93.5 Å². The number of hydrogen-bond donors (Lipinski definition) is 3. The van der Waals surface area contributed by atoms with E-state index in [1.807, 2.05) is 18.2 Å². The fourth-order valence-electron chi connectivity index (χ4n) is 3.26. The lowest BCUT2D eigenvalue weighted by Gasteiger charge is -2.31. The third-order valence-electron chi connectivity index (χ3n) is 5.35. The molecule has 0 spiro atoms. The molecule has 2 rings (SSSR count). The minimum Gasteiger partial charge on any atom is -0.494 e. The van der Waals surface area contributed by atoms with Crippen LogP contribution < -0.4 is 20.5 Å². The third-order valence-corrected chi connectivity index (χ3v) is 7.60. The molecular formula is C21H37N3O3S. The Hall–Kier alpha value is -1.47. The predicted octanol–water partition coefficient (Wildman–Crippen LogP) is 4.14. The molecule has 1 saturated carbocycles. The number of rotatable bonds is 9. The molecule has 0 radical (unpaired) electrons. The van der Waals surface area contributed by atoms with Gasteiger partial charge in [-0.25, -0.2) is 13.1 Å². The highest BCUT2D eigenvalue weighted by Gasteiger charge is 2.32. The molecule has 7 heteroatoms. The minimum atomic E-state index is -3.28. The molecule has 1 aliphatic carbocycles. The van der Waals surface area contributed by atoms with Gasteiger partial charge in [-0.2, -0.15) is 0 Å². The summed E-state index contributed by atoms with van der Waals surface area (Å²) in [6.45, 7) is 8.89. The summed E-state index contributed by atoms with van der Waals surface area (Å²) in [5.74, 6) is 1.33. The Bertz CT molecular complexity index is 721. The summed E-state index contributed by atoms with van der Waals surface area (Å²) in [5, 5.41) is 3.45. The van der Waals surface area contributed by atoms with Crippen molar-refractivity contribution in [2.45, 2.75) is 77.0 Å². The van der Waals surface area contributed by atoms with Crippen molar-refractivity contribution in [1.29, 1.82) is 0 Å². The number of anilines is 2. The van der Waals surface area contributed by atoms with E-state index in [-0.39, 0.29) is 6.04 Å². The Morgan fingerprint density at radius 2 is 1.86 bits per heavy atom. The Morgan fingerprint density at radius 1 is 1.18 bits per heavy atom. The first-order valence-corrected chi connectivity index (χ1v) is 11.9. The van der Waals surface area contributed by atoms with Crippen LogP contribution in [-0.2, 0) is 10.0 Å². The summed E-state index contributed by atoms with van der Waals surface area (Å²) in [7, 11) is -3.28. The molecule has 4 N–H and O–H groups in total. The van der Waals surface area contributed by atoms with Gasteiger partial charge in [0.2, 0.25) is 10.0 Å². The highest BCUT2D eigenvalue weighted by Crippen LogP contribution is 2.29. The quantitative estimate of drug-likeness (QED) is 0.419. The zero-order valence-corrected chi connectivity index (χ0v) is 18.6. The second-order valence-electron chi connectivity index (χ2n) is 8.78. The second kappa shape index (κ2) is 9.83. The summed E-state index contributed by atoms with van der Waals surface area (Å²) in [6, 6.07) is 5.84. The number of sulfonamides is 1. The largest absolute Gasteiger partial charge is 0.494 e. The molecule has 0 amide bonds. The Kier molecular flexibility index (Phi) is 8.01. The van der Waals surface area contributed by atoms with Gasteiger partial charge in [-0.05, 0) is 70.9 Å². The predicted molar refractivity (Wildman–Crippen MR) is 117 cm³/mol. The van der Waals surface area contributed by atoms with Crippen LogP contribution in [0.25, 0.3) is 0 Å². The minimum absolute atomic E-state index is 0.0464. The summed E-state index contributed by atoms with van der Waals surface area (Å²) in [6.07, 6.45) is 5.90. The molecule has 0 saturated heterocycles. The number of unbranched alkanes of at least 4 members (excludes halogenated alkanes) is 1. The average molecular weight is 412 g/mol. The number of nitrogens with one attached hydrogen (secondary N) is 2. The molecule has 1 aromatic rings. The first kappa shape index (κ1) is 22.8. The van der Waals surface area contributed by atoms with Crippen LogP contribution in [-0.4, -0.2) is 32.4 Å². The summed E-state index contributed by atoms with van der Waals surface area (Å²) < 4.78 is 32.4. The average Bonchev–Trinajstić information content (AvgIpc) is 2.61. The zero-order chi connectivity index (χ0) is 20.8. The normalized spacial score (nSPS) is 20.7. The Labute approximate surface area is 170 Å². The smallest absolute Gasteiger partial charge is 0.216 e. The Balaban J connectivity index is 1.78. The molecular weight excluding hydrogens is 374 g/mol. The summed E-state index contributed by atoms with van der Waals surface area (Å²) >= 11 is 0. The van der Waals surface area contributed by atoms with E-state index in [1.165, 1.54) is 0 Å². The number of nitrogen functional groups attached to an aromatic ring is 1. The van der Waals surface area contributed by atoms with Crippen molar-refractivity contribution in [3.63, 3.8) is 0 Å². The van der Waals surface area contributed by atoms with Gasteiger partial charge in [0.1, 0.15) is 5.75 Å². The fraction of sp³-hybridized carbons (Fsp3) is 0.714. The Morgan fingerprint density at radius 3 is 2.43 bits per heavy atom. The van der Waals surface area contributed by atoms with E-state index in [9.17, 15) is 8.42 Å². The van der Waals surface area contributed by atoms with E-state index in [4.69, 9.17) is 10.5 Å². The number of benzene rings is 1. The van der Waals surface area contributed by atoms with Crippen LogP contribution in [0.4, 0.5) is 11.4 Å². The van der Waals surface area contributed by atoms with Gasteiger partial charge in [0, 0.05) is 18.7 Å². The van der Waals surface area contributed by atoms with Crippen molar-refractivity contribution >= 4 is 21.4 Å². The van der Waals surface area contributed by atoms with Gasteiger partial charge in [-0.3, -0.25) is 0 Å². The maximum Gasteiger partial charge on any atom is 0.216 e. The van der Waals surface area contributed by atoms with E-state index in [1.54, 1.807) is 20.8 Å². The zero-order valence-electron chi connectivity index (χ0n) is 17.8. The van der Waals surface area contributed by atoms with Crippen LogP contribution in [0.3, 0.4) is 0 Å². The highest BCUT2D eigenvalue weighted by molar-refractivity contribution is 7.90. The molecule has 28 heavy (non-hydrogen) atoms. The van der Waals surface area contributed by atoms with E-state index < -0.39 is 14.8 Å². The van der Waals surface area contributed by atoms with Gasteiger partial charge >= 0.3 is 0 Å². The molecule has 1 aromatic carbocycles. The standard InChI is InChI=1S/C21H37N3O3S/c1-5-6-13-27-18-11-12-20(19(22)14-18)23-15-16-7-9-17(10-8-16)24-28(25,26)21(2,3)4/h11-12,14,16-17,23-24H,5-10,13,15,22H2,1-4H3/t16-,17-. The van der Waals surface area contributed by atoms with Crippen molar-refractivity contribution in [2.75, 3.05) is 24.2 Å². The van der Waals surface area contributed by atoms with Gasteiger partial charge in [-0.15, -0.1) is 0 Å². The van der Waals surface area contributed by atoms with E-state index in [0.29, 0.717) is 18.2 Å². The van der Waals surface area contributed by atoms with Crippen molar-refractivity contribution in [1.82, 2.24) is 4.72 Å². The van der Waals surface area contributed by atoms with Crippen LogP contribution in [0.15, 0.2) is 18.2 Å². The molecule has 160 valence electrons. The molecule has 0 aromatic heterocycles. The van der Waals surface area contributed by atoms with E-state index in [0.717, 1.165) is 56.5 Å². The van der Waals surface area contributed by atoms with Crippen LogP contribution in [0, 0.1) is 5.92 Å².